The summed E-state index contributed by atoms with van der Waals surface area (Å²) in [4.78, 5) is 40.5. The average Bonchev–Trinajstić information content (AvgIpc) is 3.26. The number of carbonyl (C=O) groups excluding carboxylic acids is 3. The lowest BCUT2D eigenvalue weighted by molar-refractivity contribution is -0.138. The minimum atomic E-state index is -1.30. The van der Waals surface area contributed by atoms with Crippen LogP contribution >= 0.6 is 22.9 Å². The number of nitrogens with zero attached hydrogens (tertiary/aromatic N) is 2. The molecule has 0 bridgehead atoms. The molecule has 0 spiro atoms. The molecule has 1 fully saturated rings. The van der Waals surface area contributed by atoms with Crippen LogP contribution in [-0.2, 0) is 21.7 Å². The predicted octanol–water partition coefficient (Wildman–Crippen LogP) is 2.42. The van der Waals surface area contributed by atoms with Crippen LogP contribution in [0.25, 0.3) is 0 Å². The monoisotopic (exact) mass is 381 g/mol. The zero-order valence-corrected chi connectivity index (χ0v) is 15.2. The number of nitrogens with one attached hydrogen (secondary N) is 1. The highest BCUT2D eigenvalue weighted by atomic mass is 35.5. The van der Waals surface area contributed by atoms with Crippen molar-refractivity contribution in [3.63, 3.8) is 0 Å². The maximum atomic E-state index is 12.7. The Kier molecular flexibility index (Phi) is 4.57. The van der Waals surface area contributed by atoms with Crippen molar-refractivity contribution in [2.75, 3.05) is 13.6 Å². The van der Waals surface area contributed by atoms with E-state index in [9.17, 15) is 14.4 Å². The van der Waals surface area contributed by atoms with Gasteiger partial charge in [-0.2, -0.15) is 0 Å². The standard InChI is InChI=1S/C16H16ClN3O4S/c1-16(11-4-3-7-24-11)14(22)20(15(23)18-16)9-13(21)19(2)8-10-5-6-12(17)25-10/h3-7H,8-9H2,1-2H3,(H,18,23). The summed E-state index contributed by atoms with van der Waals surface area (Å²) in [5.74, 6) is -0.549. The van der Waals surface area contributed by atoms with Gasteiger partial charge in [-0.25, -0.2) is 4.79 Å². The van der Waals surface area contributed by atoms with Crippen LogP contribution < -0.4 is 5.32 Å². The summed E-state index contributed by atoms with van der Waals surface area (Å²) in [6.07, 6.45) is 1.42. The van der Waals surface area contributed by atoms with Gasteiger partial charge in [0.1, 0.15) is 12.3 Å². The molecular formula is C16H16ClN3O4S. The summed E-state index contributed by atoms with van der Waals surface area (Å²) in [6.45, 7) is 1.57. The normalized spacial score (nSPS) is 20.0. The second-order valence-corrected chi connectivity index (χ2v) is 7.68. The molecular weight excluding hydrogens is 366 g/mol. The highest BCUT2D eigenvalue weighted by Gasteiger charge is 2.51. The first-order chi connectivity index (χ1) is 11.8. The van der Waals surface area contributed by atoms with Gasteiger partial charge in [-0.05, 0) is 31.2 Å². The molecule has 0 aliphatic carbocycles. The fourth-order valence-electron chi connectivity index (χ4n) is 2.59. The molecule has 2 aromatic rings. The summed E-state index contributed by atoms with van der Waals surface area (Å²) in [5.41, 5.74) is -1.30. The molecule has 25 heavy (non-hydrogen) atoms. The van der Waals surface area contributed by atoms with E-state index in [1.54, 1.807) is 32.2 Å². The smallest absolute Gasteiger partial charge is 0.325 e. The zero-order chi connectivity index (χ0) is 18.2. The topological polar surface area (TPSA) is 82.9 Å². The van der Waals surface area contributed by atoms with E-state index in [0.717, 1.165) is 9.78 Å². The van der Waals surface area contributed by atoms with E-state index in [2.05, 4.69) is 5.32 Å². The number of likely N-dealkylation sites (N-methyl/N-ethyl adjacent to an activating group) is 1. The molecule has 0 saturated carbocycles. The van der Waals surface area contributed by atoms with Gasteiger partial charge in [-0.1, -0.05) is 11.6 Å². The van der Waals surface area contributed by atoms with E-state index in [1.807, 2.05) is 6.07 Å². The van der Waals surface area contributed by atoms with Crippen molar-refractivity contribution >= 4 is 40.8 Å². The number of rotatable bonds is 5. The van der Waals surface area contributed by atoms with E-state index < -0.39 is 17.5 Å². The Balaban J connectivity index is 1.68. The van der Waals surface area contributed by atoms with Crippen molar-refractivity contribution in [1.29, 1.82) is 0 Å². The van der Waals surface area contributed by atoms with Crippen molar-refractivity contribution in [2.24, 2.45) is 0 Å². The summed E-state index contributed by atoms with van der Waals surface area (Å²) in [6, 6.07) is 6.21. The van der Waals surface area contributed by atoms with E-state index in [1.165, 1.54) is 22.5 Å². The van der Waals surface area contributed by atoms with E-state index in [0.29, 0.717) is 16.6 Å². The van der Waals surface area contributed by atoms with Gasteiger partial charge >= 0.3 is 6.03 Å². The number of amides is 4. The van der Waals surface area contributed by atoms with Crippen LogP contribution in [0.2, 0.25) is 4.34 Å². The van der Waals surface area contributed by atoms with Crippen LogP contribution in [0.4, 0.5) is 4.79 Å². The second kappa shape index (κ2) is 6.53. The van der Waals surface area contributed by atoms with Crippen LogP contribution in [0, 0.1) is 0 Å². The lowest BCUT2D eigenvalue weighted by Crippen LogP contribution is -2.43. The van der Waals surface area contributed by atoms with Gasteiger partial charge in [0.2, 0.25) is 5.91 Å². The lowest BCUT2D eigenvalue weighted by Gasteiger charge is -2.21. The third kappa shape index (κ3) is 3.27. The Labute approximate surface area is 153 Å². The minimum Gasteiger partial charge on any atom is -0.466 e. The maximum Gasteiger partial charge on any atom is 0.325 e. The molecule has 7 nitrogen and oxygen atoms in total. The lowest BCUT2D eigenvalue weighted by atomic mass is 9.99. The number of hydrogen-bond acceptors (Lipinski definition) is 5. The SMILES string of the molecule is CN(Cc1ccc(Cl)s1)C(=O)CN1C(=O)NC(C)(c2ccco2)C1=O. The molecule has 132 valence electrons. The van der Waals surface area contributed by atoms with Crippen LogP contribution in [0.15, 0.2) is 34.9 Å². The number of hydrogen-bond donors (Lipinski definition) is 1. The Morgan fingerprint density at radius 2 is 2.16 bits per heavy atom. The Morgan fingerprint density at radius 1 is 1.40 bits per heavy atom. The highest BCUT2D eigenvalue weighted by molar-refractivity contribution is 7.16. The molecule has 3 heterocycles. The third-order valence-corrected chi connectivity index (χ3v) is 5.25. The van der Waals surface area contributed by atoms with Gasteiger partial charge in [-0.15, -0.1) is 11.3 Å². The Bertz CT molecular complexity index is 819. The first-order valence-electron chi connectivity index (χ1n) is 7.47. The molecule has 1 aliphatic rings. The molecule has 0 aromatic carbocycles. The molecule has 2 aromatic heterocycles. The molecule has 1 unspecified atom stereocenters. The molecule has 1 aliphatic heterocycles. The third-order valence-electron chi connectivity index (χ3n) is 4.03. The summed E-state index contributed by atoms with van der Waals surface area (Å²) >= 11 is 7.25. The fourth-order valence-corrected chi connectivity index (χ4v) is 3.73. The second-order valence-electron chi connectivity index (χ2n) is 5.88. The van der Waals surface area contributed by atoms with Gasteiger partial charge in [0.15, 0.2) is 5.54 Å². The summed E-state index contributed by atoms with van der Waals surface area (Å²) < 4.78 is 5.89. The zero-order valence-electron chi connectivity index (χ0n) is 13.6. The number of carbonyl (C=O) groups is 3. The molecule has 1 N–H and O–H groups in total. The van der Waals surface area contributed by atoms with Crippen molar-refractivity contribution in [3.8, 4) is 0 Å². The van der Waals surface area contributed by atoms with Gasteiger partial charge in [0.25, 0.3) is 5.91 Å². The Hall–Kier alpha value is -2.32. The minimum absolute atomic E-state index is 0.322. The molecule has 1 atom stereocenters. The molecule has 3 rings (SSSR count). The van der Waals surface area contributed by atoms with Crippen LogP contribution in [0.3, 0.4) is 0 Å². The number of thiophene rings is 1. The number of furan rings is 1. The number of urea groups is 1. The van der Waals surface area contributed by atoms with Crippen molar-refractivity contribution in [3.05, 3.63) is 45.5 Å². The fraction of sp³-hybridized carbons (Fsp3) is 0.312. The first kappa shape index (κ1) is 17.5. The summed E-state index contributed by atoms with van der Waals surface area (Å²) in [7, 11) is 1.61. The quantitative estimate of drug-likeness (QED) is 0.806. The Morgan fingerprint density at radius 3 is 2.76 bits per heavy atom. The largest absolute Gasteiger partial charge is 0.466 e. The highest BCUT2D eigenvalue weighted by Crippen LogP contribution is 2.29. The van der Waals surface area contributed by atoms with Gasteiger partial charge in [0, 0.05) is 11.9 Å². The van der Waals surface area contributed by atoms with E-state index >= 15 is 0 Å². The molecule has 9 heteroatoms. The van der Waals surface area contributed by atoms with Crippen LogP contribution in [0.1, 0.15) is 17.6 Å². The van der Waals surface area contributed by atoms with Crippen LogP contribution in [0.5, 0.6) is 0 Å². The van der Waals surface area contributed by atoms with Crippen molar-refractivity contribution < 1.29 is 18.8 Å². The first-order valence-corrected chi connectivity index (χ1v) is 8.67. The molecule has 0 radical (unpaired) electrons. The van der Waals surface area contributed by atoms with Gasteiger partial charge in [-0.3, -0.25) is 14.5 Å². The number of halogens is 1. The van der Waals surface area contributed by atoms with Crippen molar-refractivity contribution in [2.45, 2.75) is 19.0 Å². The van der Waals surface area contributed by atoms with E-state index in [-0.39, 0.29) is 12.5 Å². The van der Waals surface area contributed by atoms with Crippen LogP contribution in [-0.4, -0.2) is 41.2 Å². The van der Waals surface area contributed by atoms with Gasteiger partial charge in [0.05, 0.1) is 17.1 Å². The number of imide groups is 1. The molecule has 4 amide bonds. The van der Waals surface area contributed by atoms with E-state index in [4.69, 9.17) is 16.0 Å². The maximum absolute atomic E-state index is 12.7. The van der Waals surface area contributed by atoms with Gasteiger partial charge < -0.3 is 14.6 Å². The molecule has 1 saturated heterocycles. The van der Waals surface area contributed by atoms with Crippen molar-refractivity contribution in [1.82, 2.24) is 15.1 Å². The average molecular weight is 382 g/mol. The summed E-state index contributed by atoms with van der Waals surface area (Å²) in [5, 5.41) is 2.59. The predicted molar refractivity (Wildman–Crippen MR) is 92.1 cm³/mol.